The number of nitrogens with zero attached hydrogens (tertiary/aromatic N) is 6. The Hall–Kier alpha value is -2.75. The third-order valence-electron chi connectivity index (χ3n) is 6.04. The highest BCUT2D eigenvalue weighted by Gasteiger charge is 2.41. The number of piperidine rings is 1. The van der Waals surface area contributed by atoms with Crippen molar-refractivity contribution in [3.8, 4) is 0 Å². The molecule has 0 bridgehead atoms. The molecule has 10 nitrogen and oxygen atoms in total. The lowest BCUT2D eigenvalue weighted by Gasteiger charge is -2.44. The maximum atomic E-state index is 12.7. The van der Waals surface area contributed by atoms with E-state index in [1.54, 1.807) is 24.1 Å². The van der Waals surface area contributed by atoms with Crippen molar-refractivity contribution >= 4 is 11.8 Å². The predicted octanol–water partition coefficient (Wildman–Crippen LogP) is 0.257. The van der Waals surface area contributed by atoms with Gasteiger partial charge < -0.3 is 19.5 Å². The molecule has 0 aliphatic carbocycles. The number of carbonyl (C=O) groups excluding carboxylic acids is 2. The van der Waals surface area contributed by atoms with Crippen molar-refractivity contribution in [3.05, 3.63) is 29.6 Å². The molecule has 0 atom stereocenters. The van der Waals surface area contributed by atoms with Crippen molar-refractivity contribution in [1.29, 1.82) is 0 Å². The molecule has 2 amide bonds. The lowest BCUT2D eigenvalue weighted by molar-refractivity contribution is 0.0459. The van der Waals surface area contributed by atoms with Crippen molar-refractivity contribution in [2.75, 3.05) is 33.4 Å². The fourth-order valence-electron chi connectivity index (χ4n) is 4.27. The highest BCUT2D eigenvalue weighted by molar-refractivity contribution is 5.92. The number of hydrogen-bond donors (Lipinski definition) is 1. The third-order valence-corrected chi connectivity index (χ3v) is 6.04. The number of aryl methyl sites for hydroxylation is 2. The second-order valence-electron chi connectivity index (χ2n) is 7.94. The Kier molecular flexibility index (Phi) is 5.35. The lowest BCUT2D eigenvalue weighted by atomic mass is 9.73. The van der Waals surface area contributed by atoms with Gasteiger partial charge in [-0.2, -0.15) is 5.10 Å². The van der Waals surface area contributed by atoms with Crippen LogP contribution in [0.5, 0.6) is 0 Å². The van der Waals surface area contributed by atoms with Gasteiger partial charge in [-0.05, 0) is 30.7 Å². The molecule has 2 aliphatic rings. The largest absolute Gasteiger partial charge is 0.383 e. The van der Waals surface area contributed by atoms with Gasteiger partial charge in [0.05, 0.1) is 6.61 Å². The maximum absolute atomic E-state index is 12.7. The van der Waals surface area contributed by atoms with Gasteiger partial charge in [-0.25, -0.2) is 0 Å². The summed E-state index contributed by atoms with van der Waals surface area (Å²) in [5, 5.41) is 15.4. The Balaban J connectivity index is 1.41. The first-order valence-electron chi connectivity index (χ1n) is 9.99. The number of ether oxygens (including phenoxy) is 1. The number of fused-ring (bicyclic) bond motifs is 1. The van der Waals surface area contributed by atoms with E-state index in [0.29, 0.717) is 44.3 Å². The number of hydrogen-bond acceptors (Lipinski definition) is 6. The zero-order valence-electron chi connectivity index (χ0n) is 16.9. The van der Waals surface area contributed by atoms with E-state index in [0.717, 1.165) is 31.5 Å². The van der Waals surface area contributed by atoms with E-state index in [1.807, 2.05) is 16.5 Å². The van der Waals surface area contributed by atoms with Gasteiger partial charge in [-0.3, -0.25) is 14.3 Å². The molecule has 2 aromatic heterocycles. The number of amides is 2. The van der Waals surface area contributed by atoms with Gasteiger partial charge in [-0.1, -0.05) is 0 Å². The molecule has 4 heterocycles. The minimum atomic E-state index is -0.222. The van der Waals surface area contributed by atoms with Crippen LogP contribution in [0.1, 0.15) is 46.2 Å². The number of methoxy groups -OCH3 is 1. The van der Waals surface area contributed by atoms with E-state index in [-0.39, 0.29) is 17.2 Å². The molecule has 29 heavy (non-hydrogen) atoms. The molecule has 156 valence electrons. The highest BCUT2D eigenvalue weighted by Crippen LogP contribution is 2.41. The first kappa shape index (κ1) is 19.6. The van der Waals surface area contributed by atoms with E-state index in [1.165, 1.54) is 0 Å². The summed E-state index contributed by atoms with van der Waals surface area (Å²) in [6.45, 7) is 3.00. The number of rotatable bonds is 5. The van der Waals surface area contributed by atoms with Gasteiger partial charge in [-0.15, -0.1) is 10.2 Å². The van der Waals surface area contributed by atoms with Crippen LogP contribution in [0.2, 0.25) is 0 Å². The molecule has 0 radical (unpaired) electrons. The second kappa shape index (κ2) is 7.94. The molecule has 0 unspecified atom stereocenters. The molecule has 2 aromatic rings. The van der Waals surface area contributed by atoms with Crippen LogP contribution in [-0.2, 0) is 24.8 Å². The van der Waals surface area contributed by atoms with Crippen molar-refractivity contribution < 1.29 is 14.3 Å². The Morgan fingerprint density at radius 1 is 1.24 bits per heavy atom. The SMILES string of the molecule is COCCNC(=O)c1nnc2n1CC1(CC2)CCN(C(=O)c2ccn(C)n2)CC1. The van der Waals surface area contributed by atoms with Gasteiger partial charge in [0.25, 0.3) is 11.8 Å². The Bertz CT molecular complexity index is 896. The molecule has 1 N–H and O–H groups in total. The molecule has 10 heteroatoms. The highest BCUT2D eigenvalue weighted by atomic mass is 16.5. The average molecular weight is 401 g/mol. The number of aromatic nitrogens is 5. The molecule has 1 fully saturated rings. The molecular weight excluding hydrogens is 374 g/mol. The van der Waals surface area contributed by atoms with Crippen LogP contribution < -0.4 is 5.32 Å². The van der Waals surface area contributed by atoms with Crippen LogP contribution in [0.3, 0.4) is 0 Å². The molecule has 0 saturated carbocycles. The van der Waals surface area contributed by atoms with E-state index < -0.39 is 0 Å². The number of likely N-dealkylation sites (tertiary alicyclic amines) is 1. The monoisotopic (exact) mass is 401 g/mol. The summed E-state index contributed by atoms with van der Waals surface area (Å²) in [5.41, 5.74) is 0.556. The van der Waals surface area contributed by atoms with E-state index in [9.17, 15) is 9.59 Å². The van der Waals surface area contributed by atoms with Crippen LogP contribution in [0.4, 0.5) is 0 Å². The molecule has 0 aromatic carbocycles. The van der Waals surface area contributed by atoms with Gasteiger partial charge in [0.15, 0.2) is 0 Å². The zero-order valence-corrected chi connectivity index (χ0v) is 16.9. The van der Waals surface area contributed by atoms with Crippen molar-refractivity contribution in [2.45, 2.75) is 32.2 Å². The topological polar surface area (TPSA) is 107 Å². The minimum Gasteiger partial charge on any atom is -0.383 e. The summed E-state index contributed by atoms with van der Waals surface area (Å²) in [7, 11) is 3.41. The second-order valence-corrected chi connectivity index (χ2v) is 7.94. The molecule has 2 aliphatic heterocycles. The Labute approximate surface area is 169 Å². The minimum absolute atomic E-state index is 0.0144. The summed E-state index contributed by atoms with van der Waals surface area (Å²) in [6.07, 6.45) is 5.38. The molecule has 1 saturated heterocycles. The fourth-order valence-corrected chi connectivity index (χ4v) is 4.27. The summed E-state index contributed by atoms with van der Waals surface area (Å²) < 4.78 is 8.58. The quantitative estimate of drug-likeness (QED) is 0.720. The van der Waals surface area contributed by atoms with Crippen LogP contribution in [-0.4, -0.2) is 74.6 Å². The molecule has 4 rings (SSSR count). The third kappa shape index (κ3) is 3.89. The molecular formula is C19H27N7O3. The fraction of sp³-hybridized carbons (Fsp3) is 0.632. The van der Waals surface area contributed by atoms with Crippen molar-refractivity contribution in [1.82, 2.24) is 34.8 Å². The van der Waals surface area contributed by atoms with Gasteiger partial charge in [0, 0.05) is 53.0 Å². The van der Waals surface area contributed by atoms with E-state index in [4.69, 9.17) is 4.74 Å². The summed E-state index contributed by atoms with van der Waals surface area (Å²) in [4.78, 5) is 27.0. The Morgan fingerprint density at radius 2 is 2.03 bits per heavy atom. The van der Waals surface area contributed by atoms with Crippen LogP contribution >= 0.6 is 0 Å². The number of nitrogens with one attached hydrogen (secondary N) is 1. The maximum Gasteiger partial charge on any atom is 0.289 e. The first-order chi connectivity index (χ1) is 14.0. The van der Waals surface area contributed by atoms with Crippen LogP contribution in [0.15, 0.2) is 12.3 Å². The standard InChI is InChI=1S/C19H27N7O3/c1-24-9-4-14(23-24)18(28)25-10-6-19(7-11-25)5-3-15-21-22-16(26(15)13-19)17(27)20-8-12-29-2/h4,9H,3,5-8,10-13H2,1-2H3,(H,20,27). The predicted molar refractivity (Wildman–Crippen MR) is 103 cm³/mol. The van der Waals surface area contributed by atoms with Crippen LogP contribution in [0.25, 0.3) is 0 Å². The van der Waals surface area contributed by atoms with E-state index in [2.05, 4.69) is 20.6 Å². The lowest BCUT2D eigenvalue weighted by Crippen LogP contribution is -2.47. The average Bonchev–Trinajstić information content (AvgIpc) is 3.34. The molecule has 1 spiro atoms. The summed E-state index contributed by atoms with van der Waals surface area (Å²) >= 11 is 0. The Morgan fingerprint density at radius 3 is 2.72 bits per heavy atom. The van der Waals surface area contributed by atoms with Crippen LogP contribution in [0, 0.1) is 5.41 Å². The zero-order chi connectivity index (χ0) is 20.4. The smallest absolute Gasteiger partial charge is 0.289 e. The van der Waals surface area contributed by atoms with Gasteiger partial charge >= 0.3 is 0 Å². The number of carbonyl (C=O) groups is 2. The van der Waals surface area contributed by atoms with Gasteiger partial charge in [0.1, 0.15) is 11.5 Å². The van der Waals surface area contributed by atoms with Gasteiger partial charge in [0.2, 0.25) is 5.82 Å². The summed E-state index contributed by atoms with van der Waals surface area (Å²) in [5.74, 6) is 0.988. The van der Waals surface area contributed by atoms with Crippen molar-refractivity contribution in [2.24, 2.45) is 12.5 Å². The van der Waals surface area contributed by atoms with Crippen molar-refractivity contribution in [3.63, 3.8) is 0 Å². The normalized spacial score (nSPS) is 17.9. The van der Waals surface area contributed by atoms with E-state index >= 15 is 0 Å². The summed E-state index contributed by atoms with van der Waals surface area (Å²) in [6, 6.07) is 1.76. The first-order valence-corrected chi connectivity index (χ1v) is 9.99.